The molecule has 4 rings (SSSR count). The van der Waals surface area contributed by atoms with Gasteiger partial charge in [0.25, 0.3) is 0 Å². The van der Waals surface area contributed by atoms with Crippen molar-refractivity contribution >= 4 is 24.3 Å². The van der Waals surface area contributed by atoms with Crippen LogP contribution < -0.4 is 0 Å². The van der Waals surface area contributed by atoms with Crippen LogP contribution in [0.15, 0.2) is 97.6 Å². The van der Waals surface area contributed by atoms with Crippen LogP contribution in [0.25, 0.3) is 35.4 Å². The number of nitrogens with zero attached hydrogens (tertiary/aromatic N) is 2. The zero-order valence-electron chi connectivity index (χ0n) is 15.4. The van der Waals surface area contributed by atoms with Crippen LogP contribution in [0.2, 0.25) is 0 Å². The Morgan fingerprint density at radius 1 is 0.357 bits per heavy atom. The number of hydrogen-bond donors (Lipinski definition) is 0. The van der Waals surface area contributed by atoms with E-state index in [1.165, 1.54) is 22.3 Å². The van der Waals surface area contributed by atoms with Gasteiger partial charge in [-0.15, -0.1) is 0 Å². The Balaban J connectivity index is 1.44. The molecule has 2 aromatic heterocycles. The molecule has 2 heterocycles. The van der Waals surface area contributed by atoms with Crippen LogP contribution in [0, 0.1) is 0 Å². The largest absolute Gasteiger partial charge is 0.265 e. The number of rotatable bonds is 5. The highest BCUT2D eigenvalue weighted by Gasteiger charge is 1.98. The van der Waals surface area contributed by atoms with Crippen molar-refractivity contribution in [1.82, 2.24) is 9.97 Å². The minimum atomic E-state index is 1.15. The van der Waals surface area contributed by atoms with Crippen LogP contribution in [-0.2, 0) is 0 Å². The molecular formula is C26H20N2. The van der Waals surface area contributed by atoms with E-state index < -0.39 is 0 Å². The third kappa shape index (κ3) is 4.68. The average molecular weight is 360 g/mol. The van der Waals surface area contributed by atoms with Gasteiger partial charge in [-0.1, -0.05) is 72.8 Å². The maximum absolute atomic E-state index is 4.04. The lowest BCUT2D eigenvalue weighted by Gasteiger charge is -2.03. The fourth-order valence-corrected chi connectivity index (χ4v) is 2.91. The van der Waals surface area contributed by atoms with E-state index in [1.54, 1.807) is 24.8 Å². The molecule has 0 aliphatic carbocycles. The van der Waals surface area contributed by atoms with Crippen LogP contribution in [0.1, 0.15) is 22.3 Å². The molecule has 0 N–H and O–H groups in total. The standard InChI is InChI=1S/C26H20N2/c1(3-23-13-17-27-18-14-23)21-5-9-25(10-6-21)26-11-7-22(8-12-26)2-4-24-15-19-28-20-16-24/h1-20H/b3-1+,4-2+. The second-order valence-electron chi connectivity index (χ2n) is 6.47. The van der Waals surface area contributed by atoms with Crippen molar-refractivity contribution in [3.63, 3.8) is 0 Å². The molecule has 0 unspecified atom stereocenters. The summed E-state index contributed by atoms with van der Waals surface area (Å²) in [6.45, 7) is 0. The van der Waals surface area contributed by atoms with Crippen molar-refractivity contribution in [2.24, 2.45) is 0 Å². The van der Waals surface area contributed by atoms with E-state index in [0.29, 0.717) is 0 Å². The van der Waals surface area contributed by atoms with E-state index in [9.17, 15) is 0 Å². The maximum atomic E-state index is 4.04. The van der Waals surface area contributed by atoms with Crippen molar-refractivity contribution in [3.05, 3.63) is 120 Å². The first kappa shape index (κ1) is 17.6. The first-order chi connectivity index (χ1) is 13.9. The van der Waals surface area contributed by atoms with Gasteiger partial charge < -0.3 is 0 Å². The van der Waals surface area contributed by atoms with Gasteiger partial charge in [0.1, 0.15) is 0 Å². The molecule has 134 valence electrons. The third-order valence-electron chi connectivity index (χ3n) is 4.50. The lowest BCUT2D eigenvalue weighted by atomic mass is 10.0. The van der Waals surface area contributed by atoms with Gasteiger partial charge in [0, 0.05) is 24.8 Å². The Bertz CT molecular complexity index is 972. The molecule has 0 amide bonds. The Morgan fingerprint density at radius 2 is 0.643 bits per heavy atom. The molecule has 0 atom stereocenters. The summed E-state index contributed by atoms with van der Waals surface area (Å²) in [6.07, 6.45) is 15.6. The highest BCUT2D eigenvalue weighted by molar-refractivity contribution is 5.74. The predicted octanol–water partition coefficient (Wildman–Crippen LogP) is 6.48. The molecule has 0 saturated carbocycles. The van der Waals surface area contributed by atoms with Gasteiger partial charge in [-0.3, -0.25) is 9.97 Å². The number of pyridine rings is 2. The van der Waals surface area contributed by atoms with E-state index in [2.05, 4.69) is 82.8 Å². The zero-order chi connectivity index (χ0) is 19.0. The molecule has 0 aliphatic heterocycles. The molecule has 28 heavy (non-hydrogen) atoms. The monoisotopic (exact) mass is 360 g/mol. The van der Waals surface area contributed by atoms with Crippen molar-refractivity contribution in [2.45, 2.75) is 0 Å². The molecule has 0 spiro atoms. The van der Waals surface area contributed by atoms with Crippen LogP contribution in [0.5, 0.6) is 0 Å². The lowest BCUT2D eigenvalue weighted by molar-refractivity contribution is 1.32. The molecule has 0 aliphatic rings. The quantitative estimate of drug-likeness (QED) is 0.407. The Kier molecular flexibility index (Phi) is 5.50. The topological polar surface area (TPSA) is 25.8 Å². The molecule has 0 fully saturated rings. The predicted molar refractivity (Wildman–Crippen MR) is 118 cm³/mol. The Labute approximate surface area is 165 Å². The molecule has 4 aromatic rings. The number of benzene rings is 2. The van der Waals surface area contributed by atoms with Crippen LogP contribution in [0.3, 0.4) is 0 Å². The van der Waals surface area contributed by atoms with Crippen molar-refractivity contribution < 1.29 is 0 Å². The summed E-state index contributed by atoms with van der Waals surface area (Å²) in [5.74, 6) is 0. The van der Waals surface area contributed by atoms with Gasteiger partial charge in [0.05, 0.1) is 0 Å². The zero-order valence-corrected chi connectivity index (χ0v) is 15.4. The SMILES string of the molecule is C(=C\c1ccc(-c2ccc(/C=C/c3ccncc3)cc2)cc1)/c1ccncc1. The highest BCUT2D eigenvalue weighted by Crippen LogP contribution is 2.22. The highest BCUT2D eigenvalue weighted by atomic mass is 14.6. The van der Waals surface area contributed by atoms with Gasteiger partial charge in [-0.25, -0.2) is 0 Å². The van der Waals surface area contributed by atoms with Gasteiger partial charge in [-0.2, -0.15) is 0 Å². The molecule has 0 bridgehead atoms. The Hall–Kier alpha value is -3.78. The summed E-state index contributed by atoms with van der Waals surface area (Å²) in [4.78, 5) is 8.08. The summed E-state index contributed by atoms with van der Waals surface area (Å²) in [5.41, 5.74) is 7.08. The first-order valence-corrected chi connectivity index (χ1v) is 9.23. The minimum Gasteiger partial charge on any atom is -0.265 e. The van der Waals surface area contributed by atoms with E-state index in [0.717, 1.165) is 11.1 Å². The van der Waals surface area contributed by atoms with Crippen LogP contribution in [0.4, 0.5) is 0 Å². The van der Waals surface area contributed by atoms with Gasteiger partial charge in [0.15, 0.2) is 0 Å². The summed E-state index contributed by atoms with van der Waals surface area (Å²) >= 11 is 0. The van der Waals surface area contributed by atoms with Crippen LogP contribution >= 0.6 is 0 Å². The molecular weight excluding hydrogens is 340 g/mol. The maximum Gasteiger partial charge on any atom is 0.0273 e. The normalized spacial score (nSPS) is 11.3. The van der Waals surface area contributed by atoms with E-state index in [-0.39, 0.29) is 0 Å². The average Bonchev–Trinajstić information content (AvgIpc) is 2.78. The second kappa shape index (κ2) is 8.74. The van der Waals surface area contributed by atoms with Crippen molar-refractivity contribution in [3.8, 4) is 11.1 Å². The fourth-order valence-electron chi connectivity index (χ4n) is 2.91. The molecule has 0 saturated heterocycles. The van der Waals surface area contributed by atoms with E-state index in [1.807, 2.05) is 24.3 Å². The lowest BCUT2D eigenvalue weighted by Crippen LogP contribution is -1.80. The van der Waals surface area contributed by atoms with Gasteiger partial charge >= 0.3 is 0 Å². The second-order valence-corrected chi connectivity index (χ2v) is 6.47. The van der Waals surface area contributed by atoms with Crippen molar-refractivity contribution in [2.75, 3.05) is 0 Å². The number of hydrogen-bond acceptors (Lipinski definition) is 2. The minimum absolute atomic E-state index is 1.15. The summed E-state index contributed by atoms with van der Waals surface area (Å²) in [6, 6.07) is 25.2. The number of aromatic nitrogens is 2. The summed E-state index contributed by atoms with van der Waals surface area (Å²) in [5, 5.41) is 0. The summed E-state index contributed by atoms with van der Waals surface area (Å²) < 4.78 is 0. The first-order valence-electron chi connectivity index (χ1n) is 9.23. The van der Waals surface area contributed by atoms with Crippen molar-refractivity contribution in [1.29, 1.82) is 0 Å². The van der Waals surface area contributed by atoms with Gasteiger partial charge in [-0.05, 0) is 57.6 Å². The van der Waals surface area contributed by atoms with Gasteiger partial charge in [0.2, 0.25) is 0 Å². The molecule has 2 aromatic carbocycles. The smallest absolute Gasteiger partial charge is 0.0273 e. The van der Waals surface area contributed by atoms with Crippen LogP contribution in [-0.4, -0.2) is 9.97 Å². The molecule has 2 heteroatoms. The molecule has 0 radical (unpaired) electrons. The summed E-state index contributed by atoms with van der Waals surface area (Å²) in [7, 11) is 0. The van der Waals surface area contributed by atoms with E-state index >= 15 is 0 Å². The third-order valence-corrected chi connectivity index (χ3v) is 4.50. The Morgan fingerprint density at radius 3 is 0.964 bits per heavy atom. The molecule has 2 nitrogen and oxygen atoms in total. The fraction of sp³-hybridized carbons (Fsp3) is 0. The van der Waals surface area contributed by atoms with E-state index in [4.69, 9.17) is 0 Å².